The van der Waals surface area contributed by atoms with Crippen molar-refractivity contribution < 1.29 is 0 Å². The van der Waals surface area contributed by atoms with Crippen LogP contribution in [0.2, 0.25) is 0 Å². The molecule has 0 N–H and O–H groups in total. The summed E-state index contributed by atoms with van der Waals surface area (Å²) in [6, 6.07) is 6.85. The highest BCUT2D eigenvalue weighted by molar-refractivity contribution is 5.28. The van der Waals surface area contributed by atoms with Gasteiger partial charge in [-0.25, -0.2) is 0 Å². The molecule has 0 bridgehead atoms. The summed E-state index contributed by atoms with van der Waals surface area (Å²) in [6.07, 6.45) is 9.40. The Labute approximate surface area is 119 Å². The summed E-state index contributed by atoms with van der Waals surface area (Å²) in [5, 5.41) is 0. The Bertz CT molecular complexity index is 437. The van der Waals surface area contributed by atoms with Crippen LogP contribution in [0, 0.1) is 13.8 Å². The third kappa shape index (κ3) is 7.00. The van der Waals surface area contributed by atoms with Gasteiger partial charge in [-0.15, -0.1) is 0 Å². The first-order chi connectivity index (χ1) is 8.97. The van der Waals surface area contributed by atoms with Crippen molar-refractivity contribution in [2.45, 2.75) is 60.3 Å². The predicted molar refractivity (Wildman–Crippen MR) is 86.7 cm³/mol. The molecule has 0 radical (unpaired) electrons. The minimum atomic E-state index is 1.16. The minimum absolute atomic E-state index is 1.16. The van der Waals surface area contributed by atoms with Gasteiger partial charge in [-0.1, -0.05) is 52.6 Å². The maximum absolute atomic E-state index is 2.40. The molecule has 0 aliphatic carbocycles. The zero-order chi connectivity index (χ0) is 14.3. The van der Waals surface area contributed by atoms with Gasteiger partial charge >= 0.3 is 0 Å². The van der Waals surface area contributed by atoms with Gasteiger partial charge in [0, 0.05) is 0 Å². The molecular weight excluding hydrogens is 228 g/mol. The van der Waals surface area contributed by atoms with E-state index in [0.29, 0.717) is 0 Å². The second-order valence-electron chi connectivity index (χ2n) is 5.91. The topological polar surface area (TPSA) is 0 Å². The summed E-state index contributed by atoms with van der Waals surface area (Å²) < 4.78 is 0. The van der Waals surface area contributed by atoms with Crippen molar-refractivity contribution in [2.24, 2.45) is 0 Å². The van der Waals surface area contributed by atoms with Crippen molar-refractivity contribution in [2.75, 3.05) is 0 Å². The van der Waals surface area contributed by atoms with Gasteiger partial charge in [0.15, 0.2) is 0 Å². The molecule has 0 unspecified atom stereocenters. The van der Waals surface area contributed by atoms with Crippen LogP contribution in [0.25, 0.3) is 0 Å². The Balaban J connectivity index is 2.41. The van der Waals surface area contributed by atoms with Crippen molar-refractivity contribution in [3.05, 3.63) is 58.2 Å². The van der Waals surface area contributed by atoms with E-state index in [1.54, 1.807) is 0 Å². The molecule has 1 aromatic carbocycles. The minimum Gasteiger partial charge on any atom is -0.0856 e. The van der Waals surface area contributed by atoms with Crippen LogP contribution in [-0.4, -0.2) is 0 Å². The van der Waals surface area contributed by atoms with Crippen molar-refractivity contribution >= 4 is 0 Å². The highest BCUT2D eigenvalue weighted by atomic mass is 14.0. The van der Waals surface area contributed by atoms with Crippen LogP contribution >= 0.6 is 0 Å². The summed E-state index contributed by atoms with van der Waals surface area (Å²) >= 11 is 0. The standard InChI is InChI=1S/C19H28/c1-15(2)8-6-9-16(3)10-7-11-19-13-17(4)12-18(5)14-19/h8,10,12-14H,6-7,9,11H2,1-5H3/b16-10+. The lowest BCUT2D eigenvalue weighted by Crippen LogP contribution is -1.88. The van der Waals surface area contributed by atoms with Crippen LogP contribution in [-0.2, 0) is 6.42 Å². The first kappa shape index (κ1) is 15.8. The molecule has 0 amide bonds. The van der Waals surface area contributed by atoms with E-state index in [1.807, 2.05) is 0 Å². The zero-order valence-corrected chi connectivity index (χ0v) is 13.2. The Kier molecular flexibility index (Phi) is 6.62. The van der Waals surface area contributed by atoms with Crippen LogP contribution in [0.1, 0.15) is 56.7 Å². The molecule has 19 heavy (non-hydrogen) atoms. The van der Waals surface area contributed by atoms with Gasteiger partial charge in [-0.05, 0) is 65.9 Å². The van der Waals surface area contributed by atoms with E-state index in [2.05, 4.69) is 65.0 Å². The van der Waals surface area contributed by atoms with Crippen molar-refractivity contribution in [3.8, 4) is 0 Å². The van der Waals surface area contributed by atoms with Gasteiger partial charge < -0.3 is 0 Å². The molecule has 0 nitrogen and oxygen atoms in total. The summed E-state index contributed by atoms with van der Waals surface area (Å²) in [5.41, 5.74) is 7.15. The zero-order valence-electron chi connectivity index (χ0n) is 13.2. The first-order valence-electron chi connectivity index (χ1n) is 7.33. The molecule has 0 saturated heterocycles. The van der Waals surface area contributed by atoms with Crippen LogP contribution < -0.4 is 0 Å². The van der Waals surface area contributed by atoms with Crippen molar-refractivity contribution in [1.29, 1.82) is 0 Å². The molecular formula is C19H28. The Hall–Kier alpha value is -1.30. The lowest BCUT2D eigenvalue weighted by Gasteiger charge is -2.04. The van der Waals surface area contributed by atoms with E-state index in [-0.39, 0.29) is 0 Å². The van der Waals surface area contributed by atoms with E-state index >= 15 is 0 Å². The highest BCUT2D eigenvalue weighted by Gasteiger charge is 1.96. The smallest absolute Gasteiger partial charge is 0.0244 e. The molecule has 0 aromatic heterocycles. The van der Waals surface area contributed by atoms with E-state index in [4.69, 9.17) is 0 Å². The van der Waals surface area contributed by atoms with E-state index in [0.717, 1.165) is 12.8 Å². The number of benzene rings is 1. The fourth-order valence-corrected chi connectivity index (χ4v) is 2.39. The molecule has 0 aliphatic heterocycles. The van der Waals surface area contributed by atoms with Crippen molar-refractivity contribution in [3.63, 3.8) is 0 Å². The summed E-state index contributed by atoms with van der Waals surface area (Å²) in [7, 11) is 0. The molecule has 0 atom stereocenters. The second kappa shape index (κ2) is 7.99. The monoisotopic (exact) mass is 256 g/mol. The first-order valence-corrected chi connectivity index (χ1v) is 7.33. The largest absolute Gasteiger partial charge is 0.0856 e. The fourth-order valence-electron chi connectivity index (χ4n) is 2.39. The lowest BCUT2D eigenvalue weighted by molar-refractivity contribution is 0.924. The average molecular weight is 256 g/mol. The molecule has 0 heteroatoms. The molecule has 104 valence electrons. The average Bonchev–Trinajstić information content (AvgIpc) is 2.27. The summed E-state index contributed by atoms with van der Waals surface area (Å²) in [4.78, 5) is 0. The molecule has 0 fully saturated rings. The van der Waals surface area contributed by atoms with Gasteiger partial charge in [0.05, 0.1) is 0 Å². The highest BCUT2D eigenvalue weighted by Crippen LogP contribution is 2.13. The van der Waals surface area contributed by atoms with Gasteiger partial charge in [-0.3, -0.25) is 0 Å². The molecule has 0 saturated carbocycles. The second-order valence-corrected chi connectivity index (χ2v) is 5.91. The van der Waals surface area contributed by atoms with Gasteiger partial charge in [-0.2, -0.15) is 0 Å². The van der Waals surface area contributed by atoms with Crippen LogP contribution in [0.4, 0.5) is 0 Å². The number of aryl methyl sites for hydroxylation is 3. The number of hydrogen-bond donors (Lipinski definition) is 0. The normalized spacial score (nSPS) is 11.5. The summed E-state index contributed by atoms with van der Waals surface area (Å²) in [6.45, 7) is 10.9. The number of allylic oxidation sites excluding steroid dienone is 4. The van der Waals surface area contributed by atoms with Crippen molar-refractivity contribution in [1.82, 2.24) is 0 Å². The number of rotatable bonds is 6. The quantitative estimate of drug-likeness (QED) is 0.553. The van der Waals surface area contributed by atoms with E-state index in [1.165, 1.54) is 40.7 Å². The Morgan fingerprint density at radius 1 is 0.895 bits per heavy atom. The fraction of sp³-hybridized carbons (Fsp3) is 0.474. The van der Waals surface area contributed by atoms with Crippen LogP contribution in [0.15, 0.2) is 41.5 Å². The Morgan fingerprint density at radius 2 is 1.53 bits per heavy atom. The lowest BCUT2D eigenvalue weighted by atomic mass is 10.0. The molecule has 0 aliphatic rings. The van der Waals surface area contributed by atoms with E-state index < -0.39 is 0 Å². The van der Waals surface area contributed by atoms with Gasteiger partial charge in [0.1, 0.15) is 0 Å². The molecule has 0 heterocycles. The van der Waals surface area contributed by atoms with Crippen LogP contribution in [0.5, 0.6) is 0 Å². The van der Waals surface area contributed by atoms with Gasteiger partial charge in [0.2, 0.25) is 0 Å². The predicted octanol–water partition coefficient (Wildman–Crippen LogP) is 5.93. The maximum atomic E-state index is 2.40. The molecule has 0 spiro atoms. The summed E-state index contributed by atoms with van der Waals surface area (Å²) in [5.74, 6) is 0. The Morgan fingerprint density at radius 3 is 2.11 bits per heavy atom. The van der Waals surface area contributed by atoms with Crippen LogP contribution in [0.3, 0.4) is 0 Å². The molecule has 1 aromatic rings. The maximum Gasteiger partial charge on any atom is -0.0244 e. The third-order valence-corrected chi connectivity index (χ3v) is 3.30. The third-order valence-electron chi connectivity index (χ3n) is 3.30. The van der Waals surface area contributed by atoms with Gasteiger partial charge in [0.25, 0.3) is 0 Å². The van der Waals surface area contributed by atoms with E-state index in [9.17, 15) is 0 Å². The molecule has 1 rings (SSSR count). The number of hydrogen-bond acceptors (Lipinski definition) is 0. The SMILES string of the molecule is CC(C)=CCC/C(C)=C/CCc1cc(C)cc(C)c1.